The lowest BCUT2D eigenvalue weighted by Gasteiger charge is -2.52. The molecule has 0 saturated carbocycles. The van der Waals surface area contributed by atoms with E-state index in [1.54, 1.807) is 6.07 Å². The number of nitrogens with one attached hydrogen (secondary N) is 1. The number of hydrogen-bond acceptors (Lipinski definition) is 6. The number of anilines is 1. The number of carbonyl (C=O) groups excluding carboxylic acids is 1. The number of pyridine rings is 1. The van der Waals surface area contributed by atoms with Gasteiger partial charge in [0.05, 0.1) is 0 Å². The number of aromatic nitrogens is 1. The van der Waals surface area contributed by atoms with Crippen molar-refractivity contribution in [2.24, 2.45) is 11.1 Å². The van der Waals surface area contributed by atoms with E-state index in [-0.39, 0.29) is 41.2 Å². The standard InChI is InChI=1S/C22H24F2N4O3/c23-17-8-15(10-27-21(17)28-12-22(13-28)4-6-30-7-5-22)16-3-1-2-14(20(16)24)11-31-19(29)9-18(25)26/h1-3,8,10H,4-7,9,11-13H2,(H3,25,26). The fourth-order valence-electron chi connectivity index (χ4n) is 4.12. The smallest absolute Gasteiger partial charge is 0.313 e. The number of halogens is 2. The summed E-state index contributed by atoms with van der Waals surface area (Å²) in [5.41, 5.74) is 5.95. The fourth-order valence-corrected chi connectivity index (χ4v) is 4.12. The van der Waals surface area contributed by atoms with Crippen molar-refractivity contribution in [1.29, 1.82) is 5.41 Å². The van der Waals surface area contributed by atoms with Gasteiger partial charge in [-0.05, 0) is 18.9 Å². The van der Waals surface area contributed by atoms with Gasteiger partial charge in [-0.15, -0.1) is 0 Å². The van der Waals surface area contributed by atoms with Crippen molar-refractivity contribution in [3.05, 3.63) is 47.7 Å². The SMILES string of the molecule is N=C(N)CC(=O)OCc1cccc(-c2cnc(N3CC4(CCOCC4)C3)c(F)c2)c1F. The quantitative estimate of drug-likeness (QED) is 0.415. The first-order valence-electron chi connectivity index (χ1n) is 10.1. The van der Waals surface area contributed by atoms with E-state index < -0.39 is 17.6 Å². The molecule has 2 saturated heterocycles. The van der Waals surface area contributed by atoms with Crippen molar-refractivity contribution in [2.75, 3.05) is 31.2 Å². The highest BCUT2D eigenvalue weighted by Gasteiger charge is 2.45. The molecule has 1 aromatic carbocycles. The van der Waals surface area contributed by atoms with Gasteiger partial charge >= 0.3 is 5.97 Å². The van der Waals surface area contributed by atoms with E-state index in [4.69, 9.17) is 20.6 Å². The first-order valence-corrected chi connectivity index (χ1v) is 10.1. The highest BCUT2D eigenvalue weighted by molar-refractivity contribution is 5.94. The Kier molecular flexibility index (Phi) is 5.86. The molecule has 2 aromatic rings. The van der Waals surface area contributed by atoms with Gasteiger partial charge in [0.2, 0.25) is 0 Å². The zero-order valence-corrected chi connectivity index (χ0v) is 17.0. The van der Waals surface area contributed by atoms with Crippen LogP contribution in [0.3, 0.4) is 0 Å². The number of nitrogens with zero attached hydrogens (tertiary/aromatic N) is 2. The van der Waals surface area contributed by atoms with Crippen LogP contribution in [0.2, 0.25) is 0 Å². The summed E-state index contributed by atoms with van der Waals surface area (Å²) in [5.74, 6) is -1.89. The van der Waals surface area contributed by atoms with Crippen LogP contribution in [0, 0.1) is 22.5 Å². The van der Waals surface area contributed by atoms with Gasteiger partial charge in [-0.1, -0.05) is 18.2 Å². The van der Waals surface area contributed by atoms with Crippen molar-refractivity contribution < 1.29 is 23.0 Å². The van der Waals surface area contributed by atoms with Crippen LogP contribution in [-0.2, 0) is 20.9 Å². The molecule has 2 fully saturated rings. The molecular formula is C22H24F2N4O3. The molecular weight excluding hydrogens is 406 g/mol. The zero-order chi connectivity index (χ0) is 22.0. The Labute approximate surface area is 178 Å². The van der Waals surface area contributed by atoms with Crippen LogP contribution in [0.1, 0.15) is 24.8 Å². The lowest BCUT2D eigenvalue weighted by atomic mass is 9.73. The summed E-state index contributed by atoms with van der Waals surface area (Å²) >= 11 is 0. The third-order valence-corrected chi connectivity index (χ3v) is 5.84. The largest absolute Gasteiger partial charge is 0.460 e. The maximum atomic E-state index is 14.9. The van der Waals surface area contributed by atoms with E-state index in [1.807, 2.05) is 4.90 Å². The molecule has 0 unspecified atom stereocenters. The number of benzene rings is 1. The van der Waals surface area contributed by atoms with Gasteiger partial charge in [0, 0.05) is 54.6 Å². The van der Waals surface area contributed by atoms with Crippen LogP contribution in [0.15, 0.2) is 30.5 Å². The van der Waals surface area contributed by atoms with E-state index in [1.165, 1.54) is 24.4 Å². The van der Waals surface area contributed by atoms with Gasteiger partial charge in [-0.2, -0.15) is 0 Å². The molecule has 164 valence electrons. The first-order chi connectivity index (χ1) is 14.9. The third-order valence-electron chi connectivity index (χ3n) is 5.84. The molecule has 7 nitrogen and oxygen atoms in total. The molecule has 3 N–H and O–H groups in total. The van der Waals surface area contributed by atoms with E-state index in [9.17, 15) is 13.6 Å². The van der Waals surface area contributed by atoms with Gasteiger partial charge in [-0.3, -0.25) is 10.2 Å². The predicted molar refractivity (Wildman–Crippen MR) is 111 cm³/mol. The number of hydrogen-bond donors (Lipinski definition) is 2. The number of ether oxygens (including phenoxy) is 2. The molecule has 0 atom stereocenters. The second-order valence-corrected chi connectivity index (χ2v) is 8.14. The summed E-state index contributed by atoms with van der Waals surface area (Å²) in [5, 5.41) is 7.09. The van der Waals surface area contributed by atoms with E-state index in [2.05, 4.69) is 4.98 Å². The molecule has 31 heavy (non-hydrogen) atoms. The van der Waals surface area contributed by atoms with E-state index >= 15 is 0 Å². The van der Waals surface area contributed by atoms with Gasteiger partial charge in [-0.25, -0.2) is 13.8 Å². The summed E-state index contributed by atoms with van der Waals surface area (Å²) < 4.78 is 40.1. The molecule has 0 amide bonds. The number of nitrogens with two attached hydrogens (primary N) is 1. The third kappa shape index (κ3) is 4.51. The maximum absolute atomic E-state index is 14.9. The average Bonchev–Trinajstić information content (AvgIpc) is 2.71. The van der Waals surface area contributed by atoms with Crippen LogP contribution in [0.25, 0.3) is 11.1 Å². The first kappa shape index (κ1) is 21.2. The lowest BCUT2D eigenvalue weighted by molar-refractivity contribution is -0.143. The maximum Gasteiger partial charge on any atom is 0.313 e. The zero-order valence-electron chi connectivity index (χ0n) is 17.0. The second-order valence-electron chi connectivity index (χ2n) is 8.14. The second kappa shape index (κ2) is 8.58. The highest BCUT2D eigenvalue weighted by atomic mass is 19.1. The monoisotopic (exact) mass is 430 g/mol. The molecule has 2 aliphatic heterocycles. The summed E-state index contributed by atoms with van der Waals surface area (Å²) in [6, 6.07) is 5.88. The molecule has 0 bridgehead atoms. The fraction of sp³-hybridized carbons (Fsp3) is 0.409. The van der Waals surface area contributed by atoms with Crippen LogP contribution in [0.4, 0.5) is 14.6 Å². The minimum Gasteiger partial charge on any atom is -0.460 e. The molecule has 1 spiro atoms. The van der Waals surface area contributed by atoms with E-state index in [0.717, 1.165) is 39.1 Å². The molecule has 3 heterocycles. The number of amidine groups is 1. The summed E-state index contributed by atoms with van der Waals surface area (Å²) in [7, 11) is 0. The van der Waals surface area contributed by atoms with Gasteiger partial charge in [0.25, 0.3) is 0 Å². The average molecular weight is 430 g/mol. The molecule has 4 rings (SSSR count). The van der Waals surface area contributed by atoms with Crippen molar-refractivity contribution >= 4 is 17.6 Å². The van der Waals surface area contributed by atoms with Crippen molar-refractivity contribution in [1.82, 2.24) is 4.98 Å². The number of esters is 1. The topological polar surface area (TPSA) is 102 Å². The highest BCUT2D eigenvalue weighted by Crippen LogP contribution is 2.42. The molecule has 0 aliphatic carbocycles. The number of carbonyl (C=O) groups is 1. The van der Waals surface area contributed by atoms with E-state index in [0.29, 0.717) is 5.56 Å². The van der Waals surface area contributed by atoms with Crippen LogP contribution in [0.5, 0.6) is 0 Å². The van der Waals surface area contributed by atoms with Gasteiger partial charge in [0.1, 0.15) is 24.7 Å². The van der Waals surface area contributed by atoms with Gasteiger partial charge in [0.15, 0.2) is 11.6 Å². The van der Waals surface area contributed by atoms with Gasteiger partial charge < -0.3 is 20.1 Å². The minimum atomic E-state index is -0.716. The normalized spacial score (nSPS) is 17.3. The Morgan fingerprint density at radius 2 is 2.03 bits per heavy atom. The summed E-state index contributed by atoms with van der Waals surface area (Å²) in [6.07, 6.45) is 3.04. The number of rotatable bonds is 6. The molecule has 2 aliphatic rings. The Balaban J connectivity index is 1.47. The van der Waals surface area contributed by atoms with Crippen LogP contribution in [-0.4, -0.2) is 43.1 Å². The van der Waals surface area contributed by atoms with Crippen molar-refractivity contribution in [3.8, 4) is 11.1 Å². The van der Waals surface area contributed by atoms with Crippen LogP contribution < -0.4 is 10.6 Å². The predicted octanol–water partition coefficient (Wildman–Crippen LogP) is 3.01. The summed E-state index contributed by atoms with van der Waals surface area (Å²) in [6.45, 7) is 2.66. The van der Waals surface area contributed by atoms with Crippen molar-refractivity contribution in [2.45, 2.75) is 25.9 Å². The van der Waals surface area contributed by atoms with Crippen LogP contribution >= 0.6 is 0 Å². The Bertz CT molecular complexity index is 1000. The lowest BCUT2D eigenvalue weighted by Crippen LogP contribution is -2.59. The Morgan fingerprint density at radius 1 is 1.29 bits per heavy atom. The molecule has 1 aromatic heterocycles. The molecule has 9 heteroatoms. The van der Waals surface area contributed by atoms with Crippen molar-refractivity contribution in [3.63, 3.8) is 0 Å². The Morgan fingerprint density at radius 3 is 2.71 bits per heavy atom. The summed E-state index contributed by atoms with van der Waals surface area (Å²) in [4.78, 5) is 17.7. The Hall–Kier alpha value is -3.07. The molecule has 0 radical (unpaired) electrons. The minimum absolute atomic E-state index is 0.142.